The number of Topliss-reactive ketones (excluding diaryl/α,β-unsaturated/α-hetero) is 4. The molecule has 2 aromatic rings. The number of carbonyl (C=O) groups excluding carboxylic acids is 4. The van der Waals surface area contributed by atoms with E-state index >= 15 is 0 Å². The number of carbonyl (C=O) groups is 4. The molecule has 6 nitrogen and oxygen atoms in total. The Labute approximate surface area is 159 Å². The van der Waals surface area contributed by atoms with Gasteiger partial charge in [0.1, 0.15) is 0 Å². The van der Waals surface area contributed by atoms with Crippen molar-refractivity contribution in [2.75, 3.05) is 0 Å². The monoisotopic (exact) mass is 374 g/mol. The largest absolute Gasteiger partial charge is 0.504 e. The summed E-state index contributed by atoms with van der Waals surface area (Å²) < 4.78 is 0. The van der Waals surface area contributed by atoms with Gasteiger partial charge in [-0.25, -0.2) is 0 Å². The highest BCUT2D eigenvalue weighted by Crippen LogP contribution is 2.32. The molecule has 0 bridgehead atoms. The highest BCUT2D eigenvalue weighted by atomic mass is 16.3. The van der Waals surface area contributed by atoms with Gasteiger partial charge in [0.15, 0.2) is 23.1 Å². The molecule has 0 radical (unpaired) electrons. The fourth-order valence-electron chi connectivity index (χ4n) is 3.54. The number of rotatable bonds is 3. The van der Waals surface area contributed by atoms with Gasteiger partial charge >= 0.3 is 0 Å². The zero-order chi connectivity index (χ0) is 20.0. The third-order valence-electron chi connectivity index (χ3n) is 5.01. The van der Waals surface area contributed by atoms with E-state index in [1.165, 1.54) is 24.3 Å². The molecular formula is C22H14O6. The molecule has 0 heterocycles. The van der Waals surface area contributed by atoms with Crippen LogP contribution in [0.3, 0.4) is 0 Å². The first-order valence-corrected chi connectivity index (χ1v) is 8.63. The van der Waals surface area contributed by atoms with Crippen LogP contribution < -0.4 is 0 Å². The summed E-state index contributed by atoms with van der Waals surface area (Å²) in [5.74, 6) is -3.69. The summed E-state index contributed by atoms with van der Waals surface area (Å²) in [6, 6.07) is 12.3. The Kier molecular flexibility index (Phi) is 4.04. The standard InChI is InChI=1S/C22H14O6/c23-17-11-5-1-3-7-13(11)19(25)21(27)15(17)9-10-16-18(24)12-6-2-4-8-14(12)20(26)22(16)28/h1-8,27-28H,9-10H2. The van der Waals surface area contributed by atoms with E-state index in [1.807, 2.05) is 0 Å². The molecule has 0 fully saturated rings. The maximum Gasteiger partial charge on any atom is 0.228 e. The van der Waals surface area contributed by atoms with Crippen LogP contribution in [0.1, 0.15) is 54.3 Å². The van der Waals surface area contributed by atoms with E-state index < -0.39 is 34.7 Å². The molecule has 0 saturated carbocycles. The minimum Gasteiger partial charge on any atom is -0.504 e. The molecule has 0 aliphatic heterocycles. The Hall–Kier alpha value is -3.80. The van der Waals surface area contributed by atoms with Crippen LogP contribution in [0.25, 0.3) is 0 Å². The van der Waals surface area contributed by atoms with Crippen molar-refractivity contribution in [1.82, 2.24) is 0 Å². The summed E-state index contributed by atoms with van der Waals surface area (Å²) in [5.41, 5.74) is 0.318. The van der Waals surface area contributed by atoms with Crippen molar-refractivity contribution in [2.24, 2.45) is 0 Å². The molecule has 0 unspecified atom stereocenters. The summed E-state index contributed by atoms with van der Waals surface area (Å²) in [4.78, 5) is 50.0. The second-order valence-corrected chi connectivity index (χ2v) is 6.56. The highest BCUT2D eigenvalue weighted by Gasteiger charge is 2.35. The van der Waals surface area contributed by atoms with Gasteiger partial charge < -0.3 is 10.2 Å². The number of aliphatic hydroxyl groups is 2. The van der Waals surface area contributed by atoms with Crippen molar-refractivity contribution in [1.29, 1.82) is 0 Å². The fraction of sp³-hybridized carbons (Fsp3) is 0.0909. The Bertz CT molecular complexity index is 1060. The average Bonchev–Trinajstić information content (AvgIpc) is 2.72. The van der Waals surface area contributed by atoms with Crippen molar-refractivity contribution in [3.63, 3.8) is 0 Å². The quantitative estimate of drug-likeness (QED) is 0.850. The van der Waals surface area contributed by atoms with Crippen molar-refractivity contribution in [3.05, 3.63) is 93.4 Å². The maximum atomic E-state index is 12.7. The SMILES string of the molecule is O=C1C(O)=C(CCC2=C(O)C(=O)c3ccccc3C2=O)C(=O)c2ccccc21. The van der Waals surface area contributed by atoms with E-state index in [0.717, 1.165) is 0 Å². The second kappa shape index (κ2) is 6.42. The Morgan fingerprint density at radius 2 is 0.786 bits per heavy atom. The van der Waals surface area contributed by atoms with E-state index in [-0.39, 0.29) is 46.2 Å². The van der Waals surface area contributed by atoms with Crippen LogP contribution in [0.4, 0.5) is 0 Å². The lowest BCUT2D eigenvalue weighted by Gasteiger charge is -2.20. The molecule has 4 rings (SSSR count). The number of hydrogen-bond donors (Lipinski definition) is 2. The van der Waals surface area contributed by atoms with Gasteiger partial charge in [-0.1, -0.05) is 48.5 Å². The van der Waals surface area contributed by atoms with E-state index in [1.54, 1.807) is 24.3 Å². The van der Waals surface area contributed by atoms with Crippen LogP contribution in [0.15, 0.2) is 71.2 Å². The van der Waals surface area contributed by atoms with Gasteiger partial charge in [0.25, 0.3) is 0 Å². The number of hydrogen-bond acceptors (Lipinski definition) is 6. The zero-order valence-corrected chi connectivity index (χ0v) is 14.6. The van der Waals surface area contributed by atoms with Gasteiger partial charge in [-0.15, -0.1) is 0 Å². The van der Waals surface area contributed by atoms with Crippen molar-refractivity contribution in [2.45, 2.75) is 12.8 Å². The van der Waals surface area contributed by atoms with Gasteiger partial charge in [-0.3, -0.25) is 19.2 Å². The van der Waals surface area contributed by atoms with Crippen LogP contribution in [0.5, 0.6) is 0 Å². The molecule has 138 valence electrons. The maximum absolute atomic E-state index is 12.7. The first-order valence-electron chi connectivity index (χ1n) is 8.63. The summed E-state index contributed by atoms with van der Waals surface area (Å²) in [5, 5.41) is 20.4. The van der Waals surface area contributed by atoms with E-state index in [2.05, 4.69) is 0 Å². The van der Waals surface area contributed by atoms with Gasteiger partial charge in [-0.05, 0) is 12.8 Å². The molecule has 0 saturated heterocycles. The van der Waals surface area contributed by atoms with Crippen LogP contribution in [-0.4, -0.2) is 33.3 Å². The number of fused-ring (bicyclic) bond motifs is 2. The van der Waals surface area contributed by atoms with Crippen molar-refractivity contribution in [3.8, 4) is 0 Å². The highest BCUT2D eigenvalue weighted by molar-refractivity contribution is 6.27. The molecule has 0 atom stereocenters. The Morgan fingerprint density at radius 1 is 0.500 bits per heavy atom. The minimum atomic E-state index is -0.668. The Morgan fingerprint density at radius 3 is 1.11 bits per heavy atom. The first kappa shape index (κ1) is 17.6. The van der Waals surface area contributed by atoms with E-state index in [4.69, 9.17) is 0 Å². The summed E-state index contributed by atoms with van der Waals surface area (Å²) in [6.45, 7) is 0. The van der Waals surface area contributed by atoms with Crippen LogP contribution in [0, 0.1) is 0 Å². The lowest BCUT2D eigenvalue weighted by molar-refractivity contribution is 0.0919. The number of benzene rings is 2. The molecule has 0 aromatic heterocycles. The van der Waals surface area contributed by atoms with Gasteiger partial charge in [-0.2, -0.15) is 0 Å². The summed E-state index contributed by atoms with van der Waals surface area (Å²) >= 11 is 0. The average molecular weight is 374 g/mol. The summed E-state index contributed by atoms with van der Waals surface area (Å²) in [6.07, 6.45) is -0.323. The van der Waals surface area contributed by atoms with Crippen LogP contribution >= 0.6 is 0 Å². The molecule has 2 N–H and O–H groups in total. The first-order chi connectivity index (χ1) is 13.4. The summed E-state index contributed by atoms with van der Waals surface area (Å²) in [7, 11) is 0. The molecule has 0 amide bonds. The second-order valence-electron chi connectivity index (χ2n) is 6.56. The van der Waals surface area contributed by atoms with Gasteiger partial charge in [0.2, 0.25) is 11.6 Å². The topological polar surface area (TPSA) is 109 Å². The number of aliphatic hydroxyl groups excluding tert-OH is 2. The lowest BCUT2D eigenvalue weighted by atomic mass is 9.82. The van der Waals surface area contributed by atoms with Crippen LogP contribution in [-0.2, 0) is 0 Å². The van der Waals surface area contributed by atoms with E-state index in [9.17, 15) is 29.4 Å². The molecule has 6 heteroatoms. The lowest BCUT2D eigenvalue weighted by Crippen LogP contribution is -2.24. The number of ketones is 4. The third kappa shape index (κ3) is 2.50. The smallest absolute Gasteiger partial charge is 0.228 e. The molecule has 2 aromatic carbocycles. The molecule has 0 spiro atoms. The molecule has 2 aliphatic rings. The number of allylic oxidation sites excluding steroid dienone is 4. The fourth-order valence-corrected chi connectivity index (χ4v) is 3.54. The normalized spacial score (nSPS) is 16.4. The van der Waals surface area contributed by atoms with Gasteiger partial charge in [0.05, 0.1) is 0 Å². The minimum absolute atomic E-state index is 0.119. The molecule has 2 aliphatic carbocycles. The van der Waals surface area contributed by atoms with Crippen LogP contribution in [0.2, 0.25) is 0 Å². The zero-order valence-electron chi connectivity index (χ0n) is 14.6. The molecule has 28 heavy (non-hydrogen) atoms. The molecular weight excluding hydrogens is 360 g/mol. The third-order valence-corrected chi connectivity index (χ3v) is 5.01. The Balaban J connectivity index is 1.67. The predicted molar refractivity (Wildman–Crippen MR) is 98.7 cm³/mol. The van der Waals surface area contributed by atoms with Crippen molar-refractivity contribution >= 4 is 23.1 Å². The predicted octanol–water partition coefficient (Wildman–Crippen LogP) is 3.55. The van der Waals surface area contributed by atoms with E-state index in [0.29, 0.717) is 0 Å². The van der Waals surface area contributed by atoms with Gasteiger partial charge in [0, 0.05) is 33.4 Å². The van der Waals surface area contributed by atoms with Crippen molar-refractivity contribution < 1.29 is 29.4 Å².